The standard InChI is InChI=1S/C17H21N3O4/c1-10-5-6-13(7-14(10)15-18-12(3)9-24-15)19-17(23)20(4)8-11(2)16(21)22/h5-7,9,11H,8H2,1-4H3,(H,19,23)(H,21,22). The van der Waals surface area contributed by atoms with Crippen LogP contribution in [-0.4, -0.2) is 40.6 Å². The van der Waals surface area contributed by atoms with Gasteiger partial charge in [-0.05, 0) is 31.5 Å². The second kappa shape index (κ2) is 7.16. The van der Waals surface area contributed by atoms with E-state index in [0.29, 0.717) is 11.6 Å². The fourth-order valence-electron chi connectivity index (χ4n) is 2.20. The van der Waals surface area contributed by atoms with E-state index in [9.17, 15) is 9.59 Å². The Bertz CT molecular complexity index is 754. The van der Waals surface area contributed by atoms with Crippen LogP contribution in [-0.2, 0) is 4.79 Å². The van der Waals surface area contributed by atoms with E-state index in [0.717, 1.165) is 16.8 Å². The van der Waals surface area contributed by atoms with Crippen molar-refractivity contribution >= 4 is 17.7 Å². The number of hydrogen-bond acceptors (Lipinski definition) is 4. The topological polar surface area (TPSA) is 95.7 Å². The highest BCUT2D eigenvalue weighted by molar-refractivity contribution is 5.90. The van der Waals surface area contributed by atoms with Gasteiger partial charge in [-0.3, -0.25) is 4.79 Å². The molecule has 0 aliphatic carbocycles. The third-order valence-electron chi connectivity index (χ3n) is 3.65. The van der Waals surface area contributed by atoms with Gasteiger partial charge in [0.25, 0.3) is 0 Å². The number of benzene rings is 1. The van der Waals surface area contributed by atoms with Crippen LogP contribution in [0.4, 0.5) is 10.5 Å². The normalized spacial score (nSPS) is 11.8. The van der Waals surface area contributed by atoms with E-state index in [4.69, 9.17) is 9.52 Å². The Labute approximate surface area is 140 Å². The zero-order valence-corrected chi connectivity index (χ0v) is 14.2. The zero-order valence-electron chi connectivity index (χ0n) is 14.2. The molecule has 0 fully saturated rings. The Kier molecular flexibility index (Phi) is 5.23. The molecule has 0 bridgehead atoms. The van der Waals surface area contributed by atoms with Crippen LogP contribution in [0, 0.1) is 19.8 Å². The van der Waals surface area contributed by atoms with Crippen molar-refractivity contribution in [2.24, 2.45) is 5.92 Å². The number of rotatable bonds is 5. The van der Waals surface area contributed by atoms with E-state index in [1.54, 1.807) is 32.4 Å². The van der Waals surface area contributed by atoms with Crippen molar-refractivity contribution in [3.63, 3.8) is 0 Å². The van der Waals surface area contributed by atoms with Gasteiger partial charge in [-0.1, -0.05) is 13.0 Å². The highest BCUT2D eigenvalue weighted by Crippen LogP contribution is 2.26. The summed E-state index contributed by atoms with van der Waals surface area (Å²) in [6.07, 6.45) is 1.57. The Morgan fingerprint density at radius 3 is 2.67 bits per heavy atom. The maximum atomic E-state index is 12.2. The Morgan fingerprint density at radius 1 is 1.38 bits per heavy atom. The predicted octanol–water partition coefficient (Wildman–Crippen LogP) is 3.14. The summed E-state index contributed by atoms with van der Waals surface area (Å²) in [6, 6.07) is 5.06. The van der Waals surface area contributed by atoms with Crippen molar-refractivity contribution < 1.29 is 19.1 Å². The van der Waals surface area contributed by atoms with Gasteiger partial charge in [0.15, 0.2) is 0 Å². The molecular formula is C17H21N3O4. The number of nitrogens with one attached hydrogen (secondary N) is 1. The summed E-state index contributed by atoms with van der Waals surface area (Å²) in [7, 11) is 1.56. The third-order valence-corrected chi connectivity index (χ3v) is 3.65. The first kappa shape index (κ1) is 17.5. The first-order chi connectivity index (χ1) is 11.3. The number of urea groups is 1. The maximum absolute atomic E-state index is 12.2. The lowest BCUT2D eigenvalue weighted by molar-refractivity contribution is -0.141. The highest BCUT2D eigenvalue weighted by Gasteiger charge is 2.18. The van der Waals surface area contributed by atoms with E-state index in [1.807, 2.05) is 19.9 Å². The van der Waals surface area contributed by atoms with E-state index in [2.05, 4.69) is 10.3 Å². The third kappa shape index (κ3) is 4.13. The lowest BCUT2D eigenvalue weighted by atomic mass is 10.1. The lowest BCUT2D eigenvalue weighted by Crippen LogP contribution is -2.36. The molecule has 24 heavy (non-hydrogen) atoms. The molecular weight excluding hydrogens is 310 g/mol. The average Bonchev–Trinajstić information content (AvgIpc) is 2.95. The first-order valence-electron chi connectivity index (χ1n) is 7.56. The number of carboxylic acids is 1. The monoisotopic (exact) mass is 331 g/mol. The number of carbonyl (C=O) groups excluding carboxylic acids is 1. The van der Waals surface area contributed by atoms with E-state index < -0.39 is 11.9 Å². The molecule has 1 aromatic heterocycles. The van der Waals surface area contributed by atoms with Gasteiger partial charge >= 0.3 is 12.0 Å². The second-order valence-electron chi connectivity index (χ2n) is 5.87. The Morgan fingerprint density at radius 2 is 2.08 bits per heavy atom. The summed E-state index contributed by atoms with van der Waals surface area (Å²) in [5.41, 5.74) is 3.14. The second-order valence-corrected chi connectivity index (χ2v) is 5.87. The number of aryl methyl sites for hydroxylation is 2. The molecule has 7 heteroatoms. The SMILES string of the molecule is Cc1coc(-c2cc(NC(=O)N(C)CC(C)C(=O)O)ccc2C)n1. The van der Waals surface area contributed by atoms with Crippen LogP contribution in [0.3, 0.4) is 0 Å². The van der Waals surface area contributed by atoms with Gasteiger partial charge in [0.05, 0.1) is 11.6 Å². The number of oxazole rings is 1. The molecule has 1 atom stereocenters. The van der Waals surface area contributed by atoms with Crippen molar-refractivity contribution in [2.75, 3.05) is 18.9 Å². The van der Waals surface area contributed by atoms with Gasteiger partial charge in [-0.2, -0.15) is 0 Å². The summed E-state index contributed by atoms with van der Waals surface area (Å²) < 4.78 is 5.42. The number of amides is 2. The van der Waals surface area contributed by atoms with Crippen molar-refractivity contribution in [2.45, 2.75) is 20.8 Å². The molecule has 0 saturated heterocycles. The van der Waals surface area contributed by atoms with Crippen LogP contribution < -0.4 is 5.32 Å². The van der Waals surface area contributed by atoms with Gasteiger partial charge in [0, 0.05) is 24.8 Å². The van der Waals surface area contributed by atoms with Crippen LogP contribution in [0.5, 0.6) is 0 Å². The van der Waals surface area contributed by atoms with Crippen molar-refractivity contribution in [3.05, 3.63) is 35.7 Å². The minimum Gasteiger partial charge on any atom is -0.481 e. The van der Waals surface area contributed by atoms with E-state index >= 15 is 0 Å². The number of carboxylic acid groups (broad SMARTS) is 1. The van der Waals surface area contributed by atoms with Gasteiger partial charge in [0.1, 0.15) is 6.26 Å². The number of nitrogens with zero attached hydrogens (tertiary/aromatic N) is 2. The zero-order chi connectivity index (χ0) is 17.9. The van der Waals surface area contributed by atoms with Crippen molar-refractivity contribution in [1.82, 2.24) is 9.88 Å². The molecule has 0 radical (unpaired) electrons. The molecule has 1 unspecified atom stereocenters. The summed E-state index contributed by atoms with van der Waals surface area (Å²) in [4.78, 5) is 28.7. The molecule has 0 saturated carbocycles. The van der Waals surface area contributed by atoms with Gasteiger partial charge in [-0.25, -0.2) is 9.78 Å². The first-order valence-corrected chi connectivity index (χ1v) is 7.56. The molecule has 1 aromatic carbocycles. The minimum absolute atomic E-state index is 0.124. The minimum atomic E-state index is -0.938. The molecule has 1 heterocycles. The van der Waals surface area contributed by atoms with Gasteiger partial charge < -0.3 is 19.7 Å². The quantitative estimate of drug-likeness (QED) is 0.877. The molecule has 0 aliphatic heterocycles. The average molecular weight is 331 g/mol. The number of hydrogen-bond donors (Lipinski definition) is 2. The van der Waals surface area contributed by atoms with Crippen LogP contribution in [0.15, 0.2) is 28.9 Å². The Balaban J connectivity index is 2.13. The fraction of sp³-hybridized carbons (Fsp3) is 0.353. The van der Waals surface area contributed by atoms with Crippen molar-refractivity contribution in [1.29, 1.82) is 0 Å². The Hall–Kier alpha value is -2.83. The summed E-state index contributed by atoms with van der Waals surface area (Å²) >= 11 is 0. The lowest BCUT2D eigenvalue weighted by Gasteiger charge is -2.20. The number of anilines is 1. The number of carbonyl (C=O) groups is 2. The molecule has 0 aliphatic rings. The smallest absolute Gasteiger partial charge is 0.321 e. The van der Waals surface area contributed by atoms with Gasteiger partial charge in [0.2, 0.25) is 5.89 Å². The molecule has 128 valence electrons. The highest BCUT2D eigenvalue weighted by atomic mass is 16.4. The largest absolute Gasteiger partial charge is 0.481 e. The summed E-state index contributed by atoms with van der Waals surface area (Å²) in [5, 5.41) is 11.7. The maximum Gasteiger partial charge on any atom is 0.321 e. The van der Waals surface area contributed by atoms with Crippen LogP contribution >= 0.6 is 0 Å². The fourth-order valence-corrected chi connectivity index (χ4v) is 2.20. The summed E-state index contributed by atoms with van der Waals surface area (Å²) in [5.74, 6) is -1.08. The molecule has 2 amide bonds. The summed E-state index contributed by atoms with van der Waals surface area (Å²) in [6.45, 7) is 5.45. The van der Waals surface area contributed by atoms with Crippen LogP contribution in [0.1, 0.15) is 18.2 Å². The van der Waals surface area contributed by atoms with Crippen molar-refractivity contribution in [3.8, 4) is 11.5 Å². The molecule has 0 spiro atoms. The number of aromatic nitrogens is 1. The molecule has 2 N–H and O–H groups in total. The molecule has 7 nitrogen and oxygen atoms in total. The van der Waals surface area contributed by atoms with E-state index in [-0.39, 0.29) is 12.6 Å². The predicted molar refractivity (Wildman–Crippen MR) is 89.9 cm³/mol. The molecule has 2 rings (SSSR count). The number of aliphatic carboxylic acids is 1. The van der Waals surface area contributed by atoms with E-state index in [1.165, 1.54) is 4.90 Å². The van der Waals surface area contributed by atoms with Crippen LogP contribution in [0.2, 0.25) is 0 Å². The van der Waals surface area contributed by atoms with Gasteiger partial charge in [-0.15, -0.1) is 0 Å². The molecule has 2 aromatic rings. The van der Waals surface area contributed by atoms with Crippen LogP contribution in [0.25, 0.3) is 11.5 Å².